The van der Waals surface area contributed by atoms with Crippen molar-refractivity contribution < 1.29 is 19.4 Å². The second kappa shape index (κ2) is 8.60. The number of fused-ring (bicyclic) bond motifs is 4. The number of aliphatic hydroxyl groups excluding tert-OH is 1. The summed E-state index contributed by atoms with van der Waals surface area (Å²) in [5.41, 5.74) is 6.88. The molecule has 0 radical (unpaired) electrons. The summed E-state index contributed by atoms with van der Waals surface area (Å²) in [4.78, 5) is 12.2. The van der Waals surface area contributed by atoms with Crippen LogP contribution in [0.15, 0.2) is 70.1 Å². The van der Waals surface area contributed by atoms with Crippen LogP contribution >= 0.6 is 0 Å². The molecule has 4 aliphatic carbocycles. The number of carbonyl (C=O) groups is 1. The Morgan fingerprint density at radius 3 is 2.63 bits per heavy atom. The van der Waals surface area contributed by atoms with Gasteiger partial charge in [0.1, 0.15) is 0 Å². The minimum absolute atomic E-state index is 0.128. The molecule has 6 rings (SSSR count). The van der Waals surface area contributed by atoms with E-state index in [4.69, 9.17) is 4.42 Å². The van der Waals surface area contributed by atoms with E-state index in [-0.39, 0.29) is 23.7 Å². The Bertz CT molecular complexity index is 1170. The van der Waals surface area contributed by atoms with Gasteiger partial charge >= 0.3 is 0 Å². The zero-order valence-corrected chi connectivity index (χ0v) is 20.6. The Hall–Kier alpha value is -2.43. The number of allylic oxidation sites excluding steroid dienone is 4. The highest BCUT2D eigenvalue weighted by molar-refractivity contribution is 5.93. The normalized spacial score (nSPS) is 34.3. The lowest BCUT2D eigenvalue weighted by Crippen LogP contribution is -2.51. The number of benzene rings is 1. The maximum Gasteiger partial charge on any atom is 0.156 e. The summed E-state index contributed by atoms with van der Waals surface area (Å²) in [7, 11) is 0. The summed E-state index contributed by atoms with van der Waals surface area (Å²) < 4.78 is 5.28. The van der Waals surface area contributed by atoms with Crippen molar-refractivity contribution in [3.05, 3.63) is 71.2 Å². The molecule has 2 fully saturated rings. The third kappa shape index (κ3) is 3.60. The number of rotatable bonds is 5. The highest BCUT2D eigenvalue weighted by atomic mass is 16.3. The highest BCUT2D eigenvalue weighted by Gasteiger charge is 2.62. The third-order valence-electron chi connectivity index (χ3n) is 9.97. The maximum atomic E-state index is 12.2. The summed E-state index contributed by atoms with van der Waals surface area (Å²) in [6.07, 6.45) is 13.0. The van der Waals surface area contributed by atoms with Crippen LogP contribution in [0.4, 0.5) is 0 Å². The van der Waals surface area contributed by atoms with E-state index in [2.05, 4.69) is 31.2 Å². The van der Waals surface area contributed by atoms with Gasteiger partial charge in [-0.15, -0.1) is 0 Å². The largest absolute Gasteiger partial charge is 0.472 e. The molecule has 5 unspecified atom stereocenters. The van der Waals surface area contributed by atoms with Crippen LogP contribution in [0.2, 0.25) is 0 Å². The molecule has 1 aromatic heterocycles. The molecule has 5 atom stereocenters. The van der Waals surface area contributed by atoms with Crippen molar-refractivity contribution in [2.75, 3.05) is 6.61 Å². The Kier molecular flexibility index (Phi) is 5.65. The number of hydrogen-bond donors (Lipinski definition) is 2. The van der Waals surface area contributed by atoms with Crippen LogP contribution < -0.4 is 0 Å². The van der Waals surface area contributed by atoms with Crippen molar-refractivity contribution in [3.63, 3.8) is 0 Å². The number of aliphatic hydroxyl groups is 2. The molecule has 184 valence electrons. The van der Waals surface area contributed by atoms with Gasteiger partial charge in [0.05, 0.1) is 18.1 Å². The average molecular weight is 473 g/mol. The lowest BCUT2D eigenvalue weighted by atomic mass is 9.51. The molecule has 0 aliphatic heterocycles. The summed E-state index contributed by atoms with van der Waals surface area (Å²) in [6.45, 7) is 2.45. The second-order valence-electron chi connectivity index (χ2n) is 11.5. The van der Waals surface area contributed by atoms with E-state index in [1.54, 1.807) is 18.1 Å². The first-order valence-corrected chi connectivity index (χ1v) is 13.4. The topological polar surface area (TPSA) is 70.7 Å². The fraction of sp³-hybridized carbons (Fsp3) is 0.516. The molecular formula is C31H36O4. The zero-order valence-electron chi connectivity index (χ0n) is 20.6. The van der Waals surface area contributed by atoms with Crippen LogP contribution in [0.1, 0.15) is 76.2 Å². The van der Waals surface area contributed by atoms with Gasteiger partial charge in [-0.1, -0.05) is 36.8 Å². The first kappa shape index (κ1) is 23.0. The van der Waals surface area contributed by atoms with Crippen molar-refractivity contribution in [1.82, 2.24) is 0 Å². The molecule has 1 heterocycles. The average Bonchev–Trinajstić information content (AvgIpc) is 3.49. The van der Waals surface area contributed by atoms with Crippen LogP contribution in [-0.2, 0) is 4.79 Å². The number of carbonyl (C=O) groups excluding carboxylic acids is 1. The molecule has 4 nitrogen and oxygen atoms in total. The molecule has 2 saturated carbocycles. The lowest BCUT2D eigenvalue weighted by molar-refractivity contribution is -0.114. The van der Waals surface area contributed by atoms with E-state index in [0.29, 0.717) is 31.1 Å². The Balaban J connectivity index is 1.46. The molecule has 35 heavy (non-hydrogen) atoms. The Morgan fingerprint density at radius 1 is 1.06 bits per heavy atom. The summed E-state index contributed by atoms with van der Waals surface area (Å²) in [6, 6.07) is 10.9. The van der Waals surface area contributed by atoms with Crippen molar-refractivity contribution >= 4 is 5.78 Å². The van der Waals surface area contributed by atoms with E-state index in [1.165, 1.54) is 16.7 Å². The molecular weight excluding hydrogens is 436 g/mol. The van der Waals surface area contributed by atoms with Gasteiger partial charge in [0.15, 0.2) is 5.78 Å². The number of hydrogen-bond acceptors (Lipinski definition) is 4. The van der Waals surface area contributed by atoms with Crippen LogP contribution in [0.3, 0.4) is 0 Å². The van der Waals surface area contributed by atoms with Crippen LogP contribution in [0.25, 0.3) is 11.1 Å². The maximum absolute atomic E-state index is 12.2. The van der Waals surface area contributed by atoms with Crippen molar-refractivity contribution in [3.8, 4) is 11.1 Å². The van der Waals surface area contributed by atoms with Gasteiger partial charge in [-0.25, -0.2) is 0 Å². The predicted molar refractivity (Wildman–Crippen MR) is 136 cm³/mol. The van der Waals surface area contributed by atoms with Crippen molar-refractivity contribution in [1.29, 1.82) is 0 Å². The molecule has 0 amide bonds. The molecule has 0 spiro atoms. The lowest BCUT2D eigenvalue weighted by Gasteiger charge is -2.55. The smallest absolute Gasteiger partial charge is 0.156 e. The SMILES string of the molecule is CC12CC(c3ccc(-c4ccoc4)cc3)C3=C4CCC(=O)C=C4CCC3C1CCC2(O)CCCO. The first-order chi connectivity index (χ1) is 16.9. The standard InChI is InChI=1S/C31H36O4/c1-30-18-27(21-5-3-20(4-6-21)23-12-16-35-19-23)29-25-10-8-24(33)17-22(25)7-9-26(29)28(30)11-14-31(30,34)13-2-15-32/h3-6,12,16-17,19,26-28,32,34H,2,7-11,13-15,18H2,1H3. The molecule has 1 aromatic carbocycles. The zero-order chi connectivity index (χ0) is 24.2. The number of furan rings is 1. The van der Waals surface area contributed by atoms with Gasteiger partial charge < -0.3 is 14.6 Å². The minimum Gasteiger partial charge on any atom is -0.472 e. The number of ketones is 1. The van der Waals surface area contributed by atoms with E-state index in [1.807, 2.05) is 12.1 Å². The first-order valence-electron chi connectivity index (χ1n) is 13.4. The fourth-order valence-corrected chi connectivity index (χ4v) is 8.17. The highest BCUT2D eigenvalue weighted by Crippen LogP contribution is 2.67. The minimum atomic E-state index is -0.732. The predicted octanol–water partition coefficient (Wildman–Crippen LogP) is 6.35. The summed E-state index contributed by atoms with van der Waals surface area (Å²) in [5, 5.41) is 21.5. The Morgan fingerprint density at radius 2 is 1.89 bits per heavy atom. The monoisotopic (exact) mass is 472 g/mol. The van der Waals surface area contributed by atoms with Crippen molar-refractivity contribution in [2.24, 2.45) is 17.3 Å². The second-order valence-corrected chi connectivity index (χ2v) is 11.5. The van der Waals surface area contributed by atoms with Gasteiger partial charge in [0, 0.05) is 29.9 Å². The summed E-state index contributed by atoms with van der Waals surface area (Å²) in [5.74, 6) is 1.42. The van der Waals surface area contributed by atoms with E-state index >= 15 is 0 Å². The van der Waals surface area contributed by atoms with Gasteiger partial charge in [-0.05, 0) is 97.6 Å². The third-order valence-corrected chi connectivity index (χ3v) is 9.97. The summed E-state index contributed by atoms with van der Waals surface area (Å²) >= 11 is 0. The molecule has 0 bridgehead atoms. The fourth-order valence-electron chi connectivity index (χ4n) is 8.17. The molecule has 0 saturated heterocycles. The van der Waals surface area contributed by atoms with E-state index in [0.717, 1.165) is 49.7 Å². The van der Waals surface area contributed by atoms with Gasteiger partial charge in [0.25, 0.3) is 0 Å². The van der Waals surface area contributed by atoms with Gasteiger partial charge in [-0.3, -0.25) is 4.79 Å². The molecule has 4 heteroatoms. The van der Waals surface area contributed by atoms with Crippen molar-refractivity contribution in [2.45, 2.75) is 76.2 Å². The quantitative estimate of drug-likeness (QED) is 0.532. The molecule has 4 aliphatic rings. The van der Waals surface area contributed by atoms with E-state index in [9.17, 15) is 15.0 Å². The van der Waals surface area contributed by atoms with Crippen LogP contribution in [-0.4, -0.2) is 28.2 Å². The molecule has 2 N–H and O–H groups in total. The van der Waals surface area contributed by atoms with Crippen LogP contribution in [0.5, 0.6) is 0 Å². The Labute approximate surface area is 207 Å². The van der Waals surface area contributed by atoms with Gasteiger partial charge in [-0.2, -0.15) is 0 Å². The molecule has 2 aromatic rings. The van der Waals surface area contributed by atoms with Crippen LogP contribution in [0, 0.1) is 17.3 Å². The van der Waals surface area contributed by atoms with E-state index < -0.39 is 5.60 Å². The van der Waals surface area contributed by atoms with Gasteiger partial charge in [0.2, 0.25) is 0 Å².